The molecule has 1 heterocycles. The van der Waals surface area contributed by atoms with Crippen LogP contribution in [0, 0.1) is 0 Å². The van der Waals surface area contributed by atoms with E-state index in [9.17, 15) is 8.42 Å². The van der Waals surface area contributed by atoms with Gasteiger partial charge in [-0.05, 0) is 31.5 Å². The molecule has 1 aliphatic heterocycles. The van der Waals surface area contributed by atoms with E-state index < -0.39 is 10.1 Å². The number of hydrogen-bond donors (Lipinski definition) is 1. The first kappa shape index (κ1) is 12.3. The van der Waals surface area contributed by atoms with Gasteiger partial charge in [0.1, 0.15) is 0 Å². The maximum absolute atomic E-state index is 10.5. The number of rotatable bonds is 5. The summed E-state index contributed by atoms with van der Waals surface area (Å²) in [6.45, 7) is 0.905. The Bertz CT molecular complexity index is 357. The standard InChI is InChI=1S/C10H17NO3S/c1-11-7-4-6-10(9-11)5-2-3-8-15(12,13)14/h4,6-7H,2-3,5,8-9H2,1H3,(H,12,13,14). The Morgan fingerprint density at radius 1 is 1.47 bits per heavy atom. The Labute approximate surface area is 91.0 Å². The van der Waals surface area contributed by atoms with E-state index >= 15 is 0 Å². The zero-order chi connectivity index (χ0) is 11.3. The van der Waals surface area contributed by atoms with Crippen molar-refractivity contribution in [2.75, 3.05) is 19.3 Å². The van der Waals surface area contributed by atoms with E-state index in [1.807, 2.05) is 19.3 Å². The lowest BCUT2D eigenvalue weighted by atomic mass is 10.1. The quantitative estimate of drug-likeness (QED) is 0.574. The molecule has 1 aliphatic rings. The highest BCUT2D eigenvalue weighted by Crippen LogP contribution is 2.13. The van der Waals surface area contributed by atoms with Gasteiger partial charge in [-0.3, -0.25) is 4.55 Å². The molecule has 0 bridgehead atoms. The van der Waals surface area contributed by atoms with Gasteiger partial charge in [-0.2, -0.15) is 8.42 Å². The molecule has 5 heteroatoms. The average Bonchev–Trinajstić information content (AvgIpc) is 2.11. The van der Waals surface area contributed by atoms with E-state index in [1.54, 1.807) is 0 Å². The number of unbranched alkanes of at least 4 members (excludes halogenated alkanes) is 1. The van der Waals surface area contributed by atoms with Gasteiger partial charge in [0.2, 0.25) is 0 Å². The molecule has 86 valence electrons. The summed E-state index contributed by atoms with van der Waals surface area (Å²) in [6, 6.07) is 0. The van der Waals surface area contributed by atoms with Crippen LogP contribution in [0.2, 0.25) is 0 Å². The molecule has 0 radical (unpaired) electrons. The van der Waals surface area contributed by atoms with Gasteiger partial charge in [0.15, 0.2) is 0 Å². The van der Waals surface area contributed by atoms with Crippen molar-refractivity contribution in [1.29, 1.82) is 0 Å². The lowest BCUT2D eigenvalue weighted by Crippen LogP contribution is -2.16. The summed E-state index contributed by atoms with van der Waals surface area (Å²) in [5, 5.41) is 0. The molecule has 0 aromatic carbocycles. The summed E-state index contributed by atoms with van der Waals surface area (Å²) in [7, 11) is -1.78. The van der Waals surface area contributed by atoms with E-state index in [0.29, 0.717) is 6.42 Å². The first-order valence-electron chi connectivity index (χ1n) is 4.99. The molecular weight excluding hydrogens is 214 g/mol. The lowest BCUT2D eigenvalue weighted by molar-refractivity contribution is 0.473. The van der Waals surface area contributed by atoms with Gasteiger partial charge in [-0.1, -0.05) is 11.6 Å². The van der Waals surface area contributed by atoms with Crippen molar-refractivity contribution in [2.24, 2.45) is 0 Å². The van der Waals surface area contributed by atoms with Crippen LogP contribution in [0.3, 0.4) is 0 Å². The summed E-state index contributed by atoms with van der Waals surface area (Å²) in [4.78, 5) is 2.08. The molecule has 4 nitrogen and oxygen atoms in total. The van der Waals surface area contributed by atoms with Crippen molar-refractivity contribution in [3.8, 4) is 0 Å². The van der Waals surface area contributed by atoms with Crippen LogP contribution >= 0.6 is 0 Å². The molecule has 0 amide bonds. The SMILES string of the molecule is CN1C=CC=C(CCCCS(=O)(=O)O)C1. The van der Waals surface area contributed by atoms with Crippen LogP contribution in [0.25, 0.3) is 0 Å². The highest BCUT2D eigenvalue weighted by molar-refractivity contribution is 7.85. The van der Waals surface area contributed by atoms with Gasteiger partial charge in [0, 0.05) is 13.6 Å². The third-order valence-electron chi connectivity index (χ3n) is 2.28. The van der Waals surface area contributed by atoms with Crippen molar-refractivity contribution in [3.63, 3.8) is 0 Å². The van der Waals surface area contributed by atoms with E-state index in [-0.39, 0.29) is 5.75 Å². The summed E-state index contributed by atoms with van der Waals surface area (Å²) in [6.07, 6.45) is 8.26. The third kappa shape index (κ3) is 5.59. The Kier molecular flexibility index (Phi) is 4.35. The topological polar surface area (TPSA) is 57.6 Å². The Balaban J connectivity index is 2.21. The largest absolute Gasteiger partial charge is 0.376 e. The Hall–Kier alpha value is -0.810. The van der Waals surface area contributed by atoms with Gasteiger partial charge >= 0.3 is 0 Å². The molecule has 0 aliphatic carbocycles. The predicted molar refractivity (Wildman–Crippen MR) is 60.1 cm³/mol. The van der Waals surface area contributed by atoms with Crippen molar-refractivity contribution >= 4 is 10.1 Å². The predicted octanol–water partition coefficient (Wildman–Crippen LogP) is 1.43. The maximum Gasteiger partial charge on any atom is 0.264 e. The van der Waals surface area contributed by atoms with E-state index in [1.165, 1.54) is 5.57 Å². The second-order valence-corrected chi connectivity index (χ2v) is 5.40. The molecule has 0 saturated heterocycles. The third-order valence-corrected chi connectivity index (χ3v) is 3.08. The maximum atomic E-state index is 10.5. The van der Waals surface area contributed by atoms with Gasteiger partial charge in [0.05, 0.1) is 5.75 Å². The van der Waals surface area contributed by atoms with Crippen LogP contribution in [-0.4, -0.2) is 37.2 Å². The minimum atomic E-state index is -3.78. The molecule has 0 saturated carbocycles. The minimum absolute atomic E-state index is 0.133. The smallest absolute Gasteiger partial charge is 0.264 e. The molecule has 0 fully saturated rings. The lowest BCUT2D eigenvalue weighted by Gasteiger charge is -2.19. The minimum Gasteiger partial charge on any atom is -0.376 e. The second kappa shape index (κ2) is 5.32. The Morgan fingerprint density at radius 2 is 2.20 bits per heavy atom. The highest BCUT2D eigenvalue weighted by Gasteiger charge is 2.06. The van der Waals surface area contributed by atoms with E-state index in [0.717, 1.165) is 19.4 Å². The second-order valence-electron chi connectivity index (χ2n) is 3.82. The molecule has 0 aromatic rings. The van der Waals surface area contributed by atoms with Gasteiger partial charge < -0.3 is 4.90 Å². The van der Waals surface area contributed by atoms with Crippen molar-refractivity contribution in [1.82, 2.24) is 4.90 Å². The van der Waals surface area contributed by atoms with Gasteiger partial charge in [-0.25, -0.2) is 0 Å². The van der Waals surface area contributed by atoms with Gasteiger partial charge in [0.25, 0.3) is 10.1 Å². The van der Waals surface area contributed by atoms with Crippen LogP contribution in [0.1, 0.15) is 19.3 Å². The molecule has 1 rings (SSSR count). The van der Waals surface area contributed by atoms with Crippen molar-refractivity contribution < 1.29 is 13.0 Å². The molecular formula is C10H17NO3S. The van der Waals surface area contributed by atoms with Crippen LogP contribution in [0.5, 0.6) is 0 Å². The summed E-state index contributed by atoms with van der Waals surface area (Å²) in [5.74, 6) is -0.133. The van der Waals surface area contributed by atoms with E-state index in [2.05, 4.69) is 11.0 Å². The zero-order valence-electron chi connectivity index (χ0n) is 8.89. The summed E-state index contributed by atoms with van der Waals surface area (Å²) in [5.41, 5.74) is 1.30. The highest BCUT2D eigenvalue weighted by atomic mass is 32.2. The van der Waals surface area contributed by atoms with E-state index in [4.69, 9.17) is 4.55 Å². The fourth-order valence-corrected chi connectivity index (χ4v) is 2.12. The van der Waals surface area contributed by atoms with Crippen LogP contribution in [0.15, 0.2) is 23.9 Å². The van der Waals surface area contributed by atoms with Crippen molar-refractivity contribution in [2.45, 2.75) is 19.3 Å². The Morgan fingerprint density at radius 3 is 2.80 bits per heavy atom. The van der Waals surface area contributed by atoms with Crippen LogP contribution in [0.4, 0.5) is 0 Å². The normalized spacial score (nSPS) is 16.7. The molecule has 0 aromatic heterocycles. The van der Waals surface area contributed by atoms with Crippen LogP contribution in [-0.2, 0) is 10.1 Å². The zero-order valence-corrected chi connectivity index (χ0v) is 9.70. The fourth-order valence-electron chi connectivity index (χ4n) is 1.55. The summed E-state index contributed by atoms with van der Waals surface area (Å²) >= 11 is 0. The first-order valence-corrected chi connectivity index (χ1v) is 6.60. The van der Waals surface area contributed by atoms with Gasteiger partial charge in [-0.15, -0.1) is 0 Å². The number of nitrogens with zero attached hydrogens (tertiary/aromatic N) is 1. The number of allylic oxidation sites excluding steroid dienone is 2. The van der Waals surface area contributed by atoms with Crippen LogP contribution < -0.4 is 0 Å². The molecule has 0 atom stereocenters. The first-order chi connectivity index (χ1) is 6.97. The molecule has 1 N–H and O–H groups in total. The number of likely N-dealkylation sites (N-methyl/N-ethyl adjacent to an activating group) is 1. The monoisotopic (exact) mass is 231 g/mol. The molecule has 15 heavy (non-hydrogen) atoms. The molecule has 0 unspecified atom stereocenters. The van der Waals surface area contributed by atoms with Crippen molar-refractivity contribution in [3.05, 3.63) is 23.9 Å². The average molecular weight is 231 g/mol. The number of hydrogen-bond acceptors (Lipinski definition) is 3. The molecule has 0 spiro atoms. The summed E-state index contributed by atoms with van der Waals surface area (Å²) < 4.78 is 29.4. The fraction of sp³-hybridized carbons (Fsp3) is 0.600.